The van der Waals surface area contributed by atoms with E-state index in [9.17, 15) is 8.78 Å². The quantitative estimate of drug-likeness (QED) is 0.911. The third-order valence-electron chi connectivity index (χ3n) is 1.19. The lowest BCUT2D eigenvalue weighted by Crippen LogP contribution is -2.06. The third-order valence-corrected chi connectivity index (χ3v) is 2.90. The minimum absolute atomic E-state index is 0.163. The zero-order chi connectivity index (χ0) is 9.30. The van der Waals surface area contributed by atoms with Gasteiger partial charge in [-0.3, -0.25) is 0 Å². The second kappa shape index (κ2) is 3.85. The van der Waals surface area contributed by atoms with E-state index in [4.69, 9.17) is 9.52 Å². The van der Waals surface area contributed by atoms with Crippen LogP contribution in [0.3, 0.4) is 0 Å². The first kappa shape index (κ1) is 10.1. The predicted molar refractivity (Wildman–Crippen MR) is 45.1 cm³/mol. The molecule has 2 nitrogen and oxygen atoms in total. The van der Waals surface area contributed by atoms with E-state index in [0.717, 1.165) is 0 Å². The van der Waals surface area contributed by atoms with Crippen LogP contribution in [0.5, 0.6) is 0 Å². The molecule has 6 heteroatoms. The first-order chi connectivity index (χ1) is 5.52. The van der Waals surface area contributed by atoms with Crippen LogP contribution < -0.4 is 0 Å². The SMILES string of the molecule is OC(c1cc(Br)c(Br)o1)C(F)F. The first-order valence-corrected chi connectivity index (χ1v) is 4.52. The zero-order valence-electron chi connectivity index (χ0n) is 5.60. The molecule has 1 heterocycles. The Morgan fingerprint density at radius 3 is 2.33 bits per heavy atom. The molecule has 0 spiro atoms. The zero-order valence-corrected chi connectivity index (χ0v) is 8.77. The second-order valence-corrected chi connectivity index (χ2v) is 3.62. The Kier molecular flexibility index (Phi) is 3.25. The summed E-state index contributed by atoms with van der Waals surface area (Å²) in [7, 11) is 0. The molecule has 0 bridgehead atoms. The van der Waals surface area contributed by atoms with E-state index in [1.807, 2.05) is 0 Å². The monoisotopic (exact) mass is 304 g/mol. The lowest BCUT2D eigenvalue weighted by molar-refractivity contribution is -0.0180. The van der Waals surface area contributed by atoms with Crippen molar-refractivity contribution < 1.29 is 18.3 Å². The van der Waals surface area contributed by atoms with Gasteiger partial charge in [0, 0.05) is 0 Å². The topological polar surface area (TPSA) is 33.4 Å². The minimum atomic E-state index is -2.84. The normalized spacial score (nSPS) is 13.8. The summed E-state index contributed by atoms with van der Waals surface area (Å²) in [5.74, 6) is -0.163. The number of furan rings is 1. The molecule has 1 rings (SSSR count). The van der Waals surface area contributed by atoms with E-state index in [-0.39, 0.29) is 10.4 Å². The standard InChI is InChI=1S/C6H4Br2F2O2/c7-2-1-3(12-5(2)8)4(11)6(9)10/h1,4,6,11H. The predicted octanol–water partition coefficient (Wildman–Crippen LogP) is 3.10. The van der Waals surface area contributed by atoms with Gasteiger partial charge in [-0.1, -0.05) is 0 Å². The maximum atomic E-state index is 11.9. The highest BCUT2D eigenvalue weighted by molar-refractivity contribution is 9.13. The highest BCUT2D eigenvalue weighted by Gasteiger charge is 2.23. The van der Waals surface area contributed by atoms with Crippen LogP contribution in [-0.4, -0.2) is 11.5 Å². The number of halogens is 4. The molecule has 0 saturated heterocycles. The summed E-state index contributed by atoms with van der Waals surface area (Å²) in [5, 5.41) is 8.85. The molecular formula is C6H4Br2F2O2. The molecule has 1 N–H and O–H groups in total. The molecule has 0 fully saturated rings. The lowest BCUT2D eigenvalue weighted by Gasteiger charge is -2.03. The molecule has 0 aliphatic heterocycles. The van der Waals surface area contributed by atoms with Gasteiger partial charge in [0.25, 0.3) is 6.43 Å². The molecule has 0 aromatic carbocycles. The van der Waals surface area contributed by atoms with Crippen molar-refractivity contribution in [2.45, 2.75) is 12.5 Å². The van der Waals surface area contributed by atoms with Crippen LogP contribution in [0.15, 0.2) is 19.6 Å². The fourth-order valence-corrected chi connectivity index (χ4v) is 1.24. The van der Waals surface area contributed by atoms with Crippen molar-refractivity contribution in [3.05, 3.63) is 21.0 Å². The van der Waals surface area contributed by atoms with Crippen LogP contribution in [-0.2, 0) is 0 Å². The van der Waals surface area contributed by atoms with Gasteiger partial charge >= 0.3 is 0 Å². The highest BCUT2D eigenvalue weighted by Crippen LogP contribution is 2.31. The molecule has 0 aliphatic rings. The number of rotatable bonds is 2. The molecule has 1 unspecified atom stereocenters. The average Bonchev–Trinajstić information content (AvgIpc) is 2.30. The van der Waals surface area contributed by atoms with Crippen LogP contribution in [0.25, 0.3) is 0 Å². The molecule has 12 heavy (non-hydrogen) atoms. The molecule has 0 amide bonds. The van der Waals surface area contributed by atoms with Gasteiger partial charge in [-0.2, -0.15) is 0 Å². The third kappa shape index (κ3) is 2.05. The van der Waals surface area contributed by atoms with Crippen LogP contribution in [0, 0.1) is 0 Å². The molecule has 1 aromatic rings. The number of alkyl halides is 2. The maximum Gasteiger partial charge on any atom is 0.271 e. The van der Waals surface area contributed by atoms with Gasteiger partial charge in [0.2, 0.25) is 0 Å². The Hall–Kier alpha value is 0.0600. The summed E-state index contributed by atoms with van der Waals surface area (Å²) in [6, 6.07) is 1.29. The molecule has 0 radical (unpaired) electrons. The van der Waals surface area contributed by atoms with Crippen molar-refractivity contribution in [2.24, 2.45) is 0 Å². The lowest BCUT2D eigenvalue weighted by atomic mass is 10.3. The Balaban J connectivity index is 2.89. The molecule has 0 saturated carbocycles. The summed E-state index contributed by atoms with van der Waals surface area (Å²) in [6.45, 7) is 0. The Morgan fingerprint density at radius 1 is 1.42 bits per heavy atom. The summed E-state index contributed by atoms with van der Waals surface area (Å²) in [5.41, 5.74) is 0. The Morgan fingerprint density at radius 2 is 2.00 bits per heavy atom. The van der Waals surface area contributed by atoms with Gasteiger partial charge < -0.3 is 9.52 Å². The van der Waals surface area contributed by atoms with E-state index in [1.54, 1.807) is 0 Å². The molecular weight excluding hydrogens is 302 g/mol. The fourth-order valence-electron chi connectivity index (χ4n) is 0.633. The number of aliphatic hydroxyl groups is 1. The first-order valence-electron chi connectivity index (χ1n) is 2.93. The summed E-state index contributed by atoms with van der Waals surface area (Å²) in [4.78, 5) is 0. The number of hydrogen-bond donors (Lipinski definition) is 1. The van der Waals surface area contributed by atoms with Crippen molar-refractivity contribution in [3.63, 3.8) is 0 Å². The van der Waals surface area contributed by atoms with Crippen LogP contribution in [0.2, 0.25) is 0 Å². The smallest absolute Gasteiger partial charge is 0.271 e. The highest BCUT2D eigenvalue weighted by atomic mass is 79.9. The summed E-state index contributed by atoms with van der Waals surface area (Å²) < 4.78 is 29.4. The Labute approximate surface area is 83.8 Å². The van der Waals surface area contributed by atoms with Crippen LogP contribution in [0.4, 0.5) is 8.78 Å². The minimum Gasteiger partial charge on any atom is -0.450 e. The fraction of sp³-hybridized carbons (Fsp3) is 0.333. The van der Waals surface area contributed by atoms with E-state index in [0.29, 0.717) is 4.47 Å². The van der Waals surface area contributed by atoms with Crippen molar-refractivity contribution in [1.29, 1.82) is 0 Å². The second-order valence-electron chi connectivity index (χ2n) is 2.05. The van der Waals surface area contributed by atoms with Crippen molar-refractivity contribution in [2.75, 3.05) is 0 Å². The average molecular weight is 306 g/mol. The van der Waals surface area contributed by atoms with Gasteiger partial charge in [-0.05, 0) is 37.9 Å². The van der Waals surface area contributed by atoms with Gasteiger partial charge in [-0.25, -0.2) is 8.78 Å². The molecule has 1 atom stereocenters. The van der Waals surface area contributed by atoms with Gasteiger partial charge in [0.05, 0.1) is 4.47 Å². The molecule has 0 aliphatic carbocycles. The van der Waals surface area contributed by atoms with Crippen molar-refractivity contribution in [1.82, 2.24) is 0 Å². The number of hydrogen-bond acceptors (Lipinski definition) is 2. The molecule has 1 aromatic heterocycles. The largest absolute Gasteiger partial charge is 0.450 e. The van der Waals surface area contributed by atoms with Gasteiger partial charge in [0.15, 0.2) is 10.8 Å². The van der Waals surface area contributed by atoms with E-state index < -0.39 is 12.5 Å². The van der Waals surface area contributed by atoms with Crippen LogP contribution in [0.1, 0.15) is 11.9 Å². The summed E-state index contributed by atoms with van der Waals surface area (Å²) >= 11 is 6.00. The Bertz CT molecular complexity index is 255. The summed E-state index contributed by atoms with van der Waals surface area (Å²) in [6.07, 6.45) is -4.71. The number of aliphatic hydroxyl groups excluding tert-OH is 1. The van der Waals surface area contributed by atoms with E-state index in [1.165, 1.54) is 6.07 Å². The van der Waals surface area contributed by atoms with Crippen molar-refractivity contribution >= 4 is 31.9 Å². The van der Waals surface area contributed by atoms with Crippen LogP contribution >= 0.6 is 31.9 Å². The molecule has 68 valence electrons. The van der Waals surface area contributed by atoms with Gasteiger partial charge in [-0.15, -0.1) is 0 Å². The van der Waals surface area contributed by atoms with Crippen molar-refractivity contribution in [3.8, 4) is 0 Å². The maximum absolute atomic E-state index is 11.9. The van der Waals surface area contributed by atoms with Gasteiger partial charge in [0.1, 0.15) is 5.76 Å². The van der Waals surface area contributed by atoms with E-state index in [2.05, 4.69) is 31.9 Å². The van der Waals surface area contributed by atoms with E-state index >= 15 is 0 Å².